The Morgan fingerprint density at radius 1 is 0.500 bits per heavy atom. The van der Waals surface area contributed by atoms with Crippen molar-refractivity contribution in [3.63, 3.8) is 0 Å². The molecule has 0 radical (unpaired) electrons. The van der Waals surface area contributed by atoms with Gasteiger partial charge in [0.1, 0.15) is 0 Å². The Bertz CT molecular complexity index is 122. The van der Waals surface area contributed by atoms with Crippen LogP contribution in [0.25, 0.3) is 0 Å². The molecule has 0 fully saturated rings. The van der Waals surface area contributed by atoms with Gasteiger partial charge in [-0.3, -0.25) is 0 Å². The molecule has 0 nitrogen and oxygen atoms in total. The summed E-state index contributed by atoms with van der Waals surface area (Å²) in [5.41, 5.74) is 0. The maximum Gasteiger partial charge on any atom is 1.00 e. The first kappa shape index (κ1) is 21.7. The normalized spacial score (nSPS) is 11.3. The Hall–Kier alpha value is 1.43. The molecule has 0 aromatic carbocycles. The van der Waals surface area contributed by atoms with E-state index < -0.39 is 7.26 Å². The Balaban J connectivity index is 0. The summed E-state index contributed by atoms with van der Waals surface area (Å²) in [6.45, 7) is 9.42. The summed E-state index contributed by atoms with van der Waals surface area (Å²) >= 11 is 0. The third-order valence-corrected chi connectivity index (χ3v) is 9.00. The van der Waals surface area contributed by atoms with Crippen LogP contribution in [0.4, 0.5) is 0 Å². The van der Waals surface area contributed by atoms with E-state index in [9.17, 15) is 0 Å². The van der Waals surface area contributed by atoms with Gasteiger partial charge in [-0.2, -0.15) is 0 Å². The molecule has 0 amide bonds. The predicted molar refractivity (Wildman–Crippen MR) is 86.0 cm³/mol. The van der Waals surface area contributed by atoms with Gasteiger partial charge in [0, 0.05) is 7.26 Å². The molecule has 0 atom stereocenters. The molecule has 0 heterocycles. The fourth-order valence-electron chi connectivity index (χ4n) is 2.64. The van der Waals surface area contributed by atoms with E-state index in [1.54, 1.807) is 24.6 Å². The van der Waals surface area contributed by atoms with Crippen molar-refractivity contribution in [3.05, 3.63) is 0 Å². The van der Waals surface area contributed by atoms with Crippen molar-refractivity contribution >= 4 is 7.26 Å². The van der Waals surface area contributed by atoms with Gasteiger partial charge in [-0.25, -0.2) is 0 Å². The standard InChI is InChI=1S/C16H36P.Na/c1-5-9-13-17(14-10-6-2,15-11-7-3)16-12-8-4;/h5-16H2,1-4H3;/q2*+1. The minimum absolute atomic E-state index is 0. The molecule has 18 heavy (non-hydrogen) atoms. The van der Waals surface area contributed by atoms with Crippen LogP contribution in [-0.4, -0.2) is 24.6 Å². The first-order valence-corrected chi connectivity index (χ1v) is 10.6. The third kappa shape index (κ3) is 10.2. The van der Waals surface area contributed by atoms with E-state index in [0.717, 1.165) is 0 Å². The second-order valence-corrected chi connectivity index (χ2v) is 10.1. The number of hydrogen-bond acceptors (Lipinski definition) is 0. The zero-order chi connectivity index (χ0) is 13.0. The van der Waals surface area contributed by atoms with E-state index in [2.05, 4.69) is 27.7 Å². The van der Waals surface area contributed by atoms with Crippen LogP contribution in [0.3, 0.4) is 0 Å². The molecule has 0 saturated carbocycles. The monoisotopic (exact) mass is 282 g/mol. The molecular formula is C16H36NaP+2. The van der Waals surface area contributed by atoms with Gasteiger partial charge in [0.05, 0.1) is 24.6 Å². The summed E-state index contributed by atoms with van der Waals surface area (Å²) < 4.78 is 0. The van der Waals surface area contributed by atoms with Crippen molar-refractivity contribution < 1.29 is 29.6 Å². The van der Waals surface area contributed by atoms with Gasteiger partial charge >= 0.3 is 29.6 Å². The molecule has 0 aliphatic heterocycles. The molecule has 0 bridgehead atoms. The van der Waals surface area contributed by atoms with Crippen molar-refractivity contribution in [1.29, 1.82) is 0 Å². The van der Waals surface area contributed by atoms with Crippen LogP contribution in [0.15, 0.2) is 0 Å². The van der Waals surface area contributed by atoms with E-state index >= 15 is 0 Å². The smallest absolute Gasteiger partial charge is 0.0652 e. The second-order valence-electron chi connectivity index (χ2n) is 5.65. The van der Waals surface area contributed by atoms with E-state index in [0.29, 0.717) is 0 Å². The van der Waals surface area contributed by atoms with Crippen molar-refractivity contribution in [2.45, 2.75) is 79.1 Å². The molecule has 104 valence electrons. The topological polar surface area (TPSA) is 0 Å². The zero-order valence-electron chi connectivity index (χ0n) is 13.9. The molecular weight excluding hydrogens is 246 g/mol. The maximum absolute atomic E-state index is 2.36. The van der Waals surface area contributed by atoms with Crippen LogP contribution in [0.2, 0.25) is 0 Å². The summed E-state index contributed by atoms with van der Waals surface area (Å²) in [6.07, 6.45) is 17.9. The van der Waals surface area contributed by atoms with Crippen molar-refractivity contribution in [3.8, 4) is 0 Å². The van der Waals surface area contributed by atoms with Gasteiger partial charge < -0.3 is 0 Å². The van der Waals surface area contributed by atoms with Crippen LogP contribution in [-0.2, 0) is 0 Å². The summed E-state index contributed by atoms with van der Waals surface area (Å²) in [4.78, 5) is 0. The Kier molecular flexibility index (Phi) is 17.9. The Morgan fingerprint density at radius 2 is 0.722 bits per heavy atom. The van der Waals surface area contributed by atoms with Crippen molar-refractivity contribution in [1.82, 2.24) is 0 Å². The van der Waals surface area contributed by atoms with Crippen LogP contribution in [0.1, 0.15) is 79.1 Å². The molecule has 0 rings (SSSR count). The Labute approximate surface area is 140 Å². The van der Waals surface area contributed by atoms with Gasteiger partial charge in [0.25, 0.3) is 0 Å². The summed E-state index contributed by atoms with van der Waals surface area (Å²) in [5.74, 6) is 0. The molecule has 0 spiro atoms. The predicted octanol–water partition coefficient (Wildman–Crippen LogP) is 3.21. The number of unbranched alkanes of at least 4 members (excludes halogenated alkanes) is 4. The van der Waals surface area contributed by atoms with Crippen LogP contribution in [0, 0.1) is 0 Å². The summed E-state index contributed by atoms with van der Waals surface area (Å²) in [5, 5.41) is 0. The van der Waals surface area contributed by atoms with E-state index in [4.69, 9.17) is 0 Å². The molecule has 2 heteroatoms. The van der Waals surface area contributed by atoms with Crippen molar-refractivity contribution in [2.24, 2.45) is 0 Å². The van der Waals surface area contributed by atoms with Crippen LogP contribution in [0.5, 0.6) is 0 Å². The van der Waals surface area contributed by atoms with Gasteiger partial charge in [-0.15, -0.1) is 0 Å². The fraction of sp³-hybridized carbons (Fsp3) is 1.00. The number of rotatable bonds is 12. The second kappa shape index (κ2) is 14.8. The molecule has 0 N–H and O–H groups in total. The third-order valence-electron chi connectivity index (χ3n) is 3.94. The van der Waals surface area contributed by atoms with Gasteiger partial charge in [0.2, 0.25) is 0 Å². The van der Waals surface area contributed by atoms with Crippen molar-refractivity contribution in [2.75, 3.05) is 24.6 Å². The minimum Gasteiger partial charge on any atom is -0.0652 e. The first-order chi connectivity index (χ1) is 8.24. The maximum atomic E-state index is 2.36. The van der Waals surface area contributed by atoms with Crippen LogP contribution >= 0.6 is 7.26 Å². The Morgan fingerprint density at radius 3 is 0.889 bits per heavy atom. The summed E-state index contributed by atoms with van der Waals surface area (Å²) in [7, 11) is -0.562. The van der Waals surface area contributed by atoms with Gasteiger partial charge in [-0.05, 0) is 25.7 Å². The molecule has 0 aliphatic rings. The minimum atomic E-state index is -0.562. The fourth-order valence-corrected chi connectivity index (χ4v) is 7.93. The molecule has 0 aromatic rings. The average Bonchev–Trinajstić information content (AvgIpc) is 2.37. The first-order valence-electron chi connectivity index (χ1n) is 8.09. The summed E-state index contributed by atoms with van der Waals surface area (Å²) in [6, 6.07) is 0. The van der Waals surface area contributed by atoms with Crippen LogP contribution < -0.4 is 29.6 Å². The van der Waals surface area contributed by atoms with Gasteiger partial charge in [-0.1, -0.05) is 53.4 Å². The quantitative estimate of drug-likeness (QED) is 0.381. The van der Waals surface area contributed by atoms with Gasteiger partial charge in [0.15, 0.2) is 0 Å². The average molecular weight is 282 g/mol. The molecule has 0 aliphatic carbocycles. The SMILES string of the molecule is CCCC[P+](CCCC)(CCCC)CCCC.[Na+]. The molecule has 0 saturated heterocycles. The van der Waals surface area contributed by atoms with E-state index in [1.807, 2.05) is 0 Å². The largest absolute Gasteiger partial charge is 1.00 e. The van der Waals surface area contributed by atoms with E-state index in [1.165, 1.54) is 51.4 Å². The molecule has 0 aromatic heterocycles. The molecule has 0 unspecified atom stereocenters. The number of hydrogen-bond donors (Lipinski definition) is 0. The zero-order valence-corrected chi connectivity index (χ0v) is 16.8. The van der Waals surface area contributed by atoms with E-state index in [-0.39, 0.29) is 29.6 Å².